The van der Waals surface area contributed by atoms with Crippen molar-refractivity contribution in [3.63, 3.8) is 0 Å². The number of hydroxylamine groups is 1. The molecule has 0 amide bonds. The van der Waals surface area contributed by atoms with Crippen molar-refractivity contribution in [2.24, 2.45) is 0 Å². The van der Waals surface area contributed by atoms with Gasteiger partial charge in [-0.25, -0.2) is 4.79 Å². The van der Waals surface area contributed by atoms with E-state index in [-0.39, 0.29) is 0 Å². The molecule has 1 fully saturated rings. The van der Waals surface area contributed by atoms with Crippen LogP contribution in [-0.4, -0.2) is 16.7 Å². The maximum atomic E-state index is 11.3. The van der Waals surface area contributed by atoms with Crippen LogP contribution in [-0.2, 0) is 15.2 Å². The average Bonchev–Trinajstić information content (AvgIpc) is 2.79. The van der Waals surface area contributed by atoms with Gasteiger partial charge in [0.15, 0.2) is 5.60 Å². The highest BCUT2D eigenvalue weighted by molar-refractivity contribution is 5.77. The van der Waals surface area contributed by atoms with E-state index in [1.807, 2.05) is 13.0 Å². The molecule has 2 unspecified atom stereocenters. The highest BCUT2D eigenvalue weighted by Crippen LogP contribution is 2.40. The number of nitrogens with zero attached hydrogens (tertiary/aromatic N) is 1. The number of carboxylic acids is 1. The minimum atomic E-state index is -1.25. The quantitative estimate of drug-likeness (QED) is 0.867. The number of rotatable bonds is 3. The molecule has 0 aliphatic carbocycles. The molecule has 0 spiro atoms. The molecule has 1 aromatic carbocycles. The molecule has 0 radical (unpaired) electrons. The molecular formula is C14H16N2O3. The molecule has 2 rings (SSSR count). The zero-order chi connectivity index (χ0) is 14.1. The van der Waals surface area contributed by atoms with E-state index in [9.17, 15) is 9.90 Å². The van der Waals surface area contributed by atoms with Gasteiger partial charge < -0.3 is 5.11 Å². The van der Waals surface area contributed by atoms with E-state index in [2.05, 4.69) is 11.5 Å². The largest absolute Gasteiger partial charge is 0.479 e. The van der Waals surface area contributed by atoms with Gasteiger partial charge in [0.1, 0.15) is 0 Å². The smallest absolute Gasteiger partial charge is 0.337 e. The second-order valence-electron chi connectivity index (χ2n) is 5.05. The molecule has 1 aromatic rings. The van der Waals surface area contributed by atoms with Gasteiger partial charge in [-0.15, -0.1) is 0 Å². The summed E-state index contributed by atoms with van der Waals surface area (Å²) in [7, 11) is 0. The highest BCUT2D eigenvalue weighted by atomic mass is 16.7. The predicted molar refractivity (Wildman–Crippen MR) is 68.0 cm³/mol. The fraction of sp³-hybridized carbons (Fsp3) is 0.429. The molecule has 5 nitrogen and oxygen atoms in total. The van der Waals surface area contributed by atoms with Crippen molar-refractivity contribution in [1.29, 1.82) is 5.26 Å². The molecule has 1 aliphatic heterocycles. The lowest BCUT2D eigenvalue weighted by molar-refractivity contribution is -0.163. The van der Waals surface area contributed by atoms with Gasteiger partial charge in [-0.05, 0) is 31.0 Å². The number of hydrogen-bond donors (Lipinski definition) is 2. The lowest BCUT2D eigenvalue weighted by atomic mass is 9.79. The predicted octanol–water partition coefficient (Wildman–Crippen LogP) is 1.93. The topological polar surface area (TPSA) is 82.4 Å². The van der Waals surface area contributed by atoms with Crippen molar-refractivity contribution in [3.05, 3.63) is 35.4 Å². The van der Waals surface area contributed by atoms with Crippen molar-refractivity contribution in [2.45, 2.75) is 37.8 Å². The van der Waals surface area contributed by atoms with Gasteiger partial charge in [0.2, 0.25) is 0 Å². The van der Waals surface area contributed by atoms with E-state index >= 15 is 0 Å². The summed E-state index contributed by atoms with van der Waals surface area (Å²) in [6, 6.07) is 9.26. The number of carboxylic acid groups (broad SMARTS) is 1. The summed E-state index contributed by atoms with van der Waals surface area (Å²) in [4.78, 5) is 16.6. The summed E-state index contributed by atoms with van der Waals surface area (Å²) >= 11 is 0. The van der Waals surface area contributed by atoms with Gasteiger partial charge >= 0.3 is 5.97 Å². The van der Waals surface area contributed by atoms with Crippen LogP contribution >= 0.6 is 0 Å². The highest BCUT2D eigenvalue weighted by Gasteiger charge is 2.51. The first kappa shape index (κ1) is 13.5. The lowest BCUT2D eigenvalue weighted by Gasteiger charge is -2.27. The van der Waals surface area contributed by atoms with Crippen LogP contribution in [0.2, 0.25) is 0 Å². The minimum Gasteiger partial charge on any atom is -0.479 e. The monoisotopic (exact) mass is 260 g/mol. The average molecular weight is 260 g/mol. The second-order valence-corrected chi connectivity index (χ2v) is 5.05. The van der Waals surface area contributed by atoms with Gasteiger partial charge in [0.05, 0.1) is 17.2 Å². The Morgan fingerprint density at radius 3 is 2.89 bits per heavy atom. The van der Waals surface area contributed by atoms with Crippen LogP contribution in [0.4, 0.5) is 0 Å². The maximum absolute atomic E-state index is 11.3. The summed E-state index contributed by atoms with van der Waals surface area (Å²) in [6.07, 6.45) is 0.992. The molecule has 1 aliphatic rings. The molecule has 1 saturated heterocycles. The van der Waals surface area contributed by atoms with Gasteiger partial charge in [-0.3, -0.25) is 4.84 Å². The Bertz CT molecular complexity index is 552. The van der Waals surface area contributed by atoms with Crippen molar-refractivity contribution < 1.29 is 14.7 Å². The van der Waals surface area contributed by atoms with E-state index in [0.717, 1.165) is 5.56 Å². The summed E-state index contributed by atoms with van der Waals surface area (Å²) in [5, 5.41) is 18.2. The van der Waals surface area contributed by atoms with Gasteiger partial charge in [-0.2, -0.15) is 10.7 Å². The Kier molecular flexibility index (Phi) is 3.31. The molecule has 5 heteroatoms. The molecule has 100 valence electrons. The SMILES string of the molecule is CCC1(c2cccc(C#N)c2)CC(C)(C(=O)O)ON1. The van der Waals surface area contributed by atoms with Crippen LogP contribution in [0.1, 0.15) is 37.8 Å². The number of aliphatic carboxylic acids is 1. The Morgan fingerprint density at radius 1 is 1.63 bits per heavy atom. The fourth-order valence-electron chi connectivity index (χ4n) is 2.43. The second kappa shape index (κ2) is 4.65. The summed E-state index contributed by atoms with van der Waals surface area (Å²) in [5.41, 5.74) is 2.47. The minimum absolute atomic E-state index is 0.320. The van der Waals surface area contributed by atoms with Crippen molar-refractivity contribution in [1.82, 2.24) is 5.48 Å². The van der Waals surface area contributed by atoms with Crippen LogP contribution in [0.15, 0.2) is 24.3 Å². The number of carbonyl (C=O) groups is 1. The van der Waals surface area contributed by atoms with E-state index in [4.69, 9.17) is 10.1 Å². The third-order valence-corrected chi connectivity index (χ3v) is 3.71. The Hall–Kier alpha value is -1.90. The summed E-state index contributed by atoms with van der Waals surface area (Å²) in [6.45, 7) is 3.51. The van der Waals surface area contributed by atoms with E-state index in [0.29, 0.717) is 18.4 Å². The number of nitriles is 1. The molecule has 0 aromatic heterocycles. The zero-order valence-electron chi connectivity index (χ0n) is 10.9. The zero-order valence-corrected chi connectivity index (χ0v) is 10.9. The normalized spacial score (nSPS) is 29.9. The van der Waals surface area contributed by atoms with Crippen LogP contribution < -0.4 is 5.48 Å². The summed E-state index contributed by atoms with van der Waals surface area (Å²) < 4.78 is 0. The molecule has 19 heavy (non-hydrogen) atoms. The van der Waals surface area contributed by atoms with Crippen LogP contribution in [0.25, 0.3) is 0 Å². The van der Waals surface area contributed by atoms with Gasteiger partial charge in [0, 0.05) is 6.42 Å². The lowest BCUT2D eigenvalue weighted by Crippen LogP contribution is -2.36. The van der Waals surface area contributed by atoms with Crippen LogP contribution in [0.5, 0.6) is 0 Å². The van der Waals surface area contributed by atoms with Crippen molar-refractivity contribution in [2.75, 3.05) is 0 Å². The Balaban J connectivity index is 2.40. The first-order chi connectivity index (χ1) is 8.96. The molecule has 2 atom stereocenters. The molecule has 1 heterocycles. The number of benzene rings is 1. The number of nitrogens with one attached hydrogen (secondary N) is 1. The first-order valence-corrected chi connectivity index (χ1v) is 6.15. The molecule has 2 N–H and O–H groups in total. The first-order valence-electron chi connectivity index (χ1n) is 6.15. The van der Waals surface area contributed by atoms with Crippen molar-refractivity contribution >= 4 is 5.97 Å². The van der Waals surface area contributed by atoms with Crippen molar-refractivity contribution in [3.8, 4) is 6.07 Å². The Morgan fingerprint density at radius 2 is 2.37 bits per heavy atom. The summed E-state index contributed by atoms with van der Waals surface area (Å²) in [5.74, 6) is -0.994. The number of hydrogen-bond acceptors (Lipinski definition) is 4. The van der Waals surface area contributed by atoms with E-state index in [1.54, 1.807) is 25.1 Å². The fourth-order valence-corrected chi connectivity index (χ4v) is 2.43. The third kappa shape index (κ3) is 2.21. The Labute approximate surface area is 111 Å². The van der Waals surface area contributed by atoms with Gasteiger partial charge in [0.25, 0.3) is 0 Å². The molecule has 0 saturated carbocycles. The molecular weight excluding hydrogens is 244 g/mol. The standard InChI is InChI=1S/C14H16N2O3/c1-3-14(9-13(2,12(17)18)19-16-14)11-6-4-5-10(7-11)8-15/h4-7,16H,3,9H2,1-2H3,(H,17,18). The maximum Gasteiger partial charge on any atom is 0.337 e. The van der Waals surface area contributed by atoms with E-state index < -0.39 is 17.1 Å². The van der Waals surface area contributed by atoms with Crippen LogP contribution in [0, 0.1) is 11.3 Å². The third-order valence-electron chi connectivity index (χ3n) is 3.71. The van der Waals surface area contributed by atoms with Crippen LogP contribution in [0.3, 0.4) is 0 Å². The van der Waals surface area contributed by atoms with E-state index in [1.165, 1.54) is 0 Å². The molecule has 0 bridgehead atoms. The van der Waals surface area contributed by atoms with Gasteiger partial charge in [-0.1, -0.05) is 19.1 Å².